The van der Waals surface area contributed by atoms with E-state index in [0.29, 0.717) is 29.3 Å². The van der Waals surface area contributed by atoms with Gasteiger partial charge in [-0.25, -0.2) is 14.8 Å². The average Bonchev–Trinajstić information content (AvgIpc) is 3.29. The fourth-order valence-corrected chi connectivity index (χ4v) is 4.62. The molecule has 0 saturated heterocycles. The van der Waals surface area contributed by atoms with E-state index in [1.54, 1.807) is 25.1 Å². The number of hydrogen-bond acceptors (Lipinski definition) is 8. The highest BCUT2D eigenvalue weighted by Crippen LogP contribution is 2.33. The molecule has 0 bridgehead atoms. The molecule has 3 rings (SSSR count). The summed E-state index contributed by atoms with van der Waals surface area (Å²) in [7, 11) is 0. The van der Waals surface area contributed by atoms with Gasteiger partial charge in [-0.05, 0) is 45.9 Å². The molecule has 0 fully saturated rings. The summed E-state index contributed by atoms with van der Waals surface area (Å²) in [6.07, 6.45) is 0.493. The van der Waals surface area contributed by atoms with Gasteiger partial charge in [-0.3, -0.25) is 4.79 Å². The minimum atomic E-state index is -0.487. The molecule has 0 radical (unpaired) electrons. The van der Waals surface area contributed by atoms with Gasteiger partial charge in [0.15, 0.2) is 0 Å². The number of thiazole rings is 2. The van der Waals surface area contributed by atoms with Gasteiger partial charge in [-0.15, -0.1) is 22.7 Å². The second-order valence-corrected chi connectivity index (χ2v) is 8.75. The van der Waals surface area contributed by atoms with Crippen molar-refractivity contribution in [3.05, 3.63) is 50.4 Å². The number of aromatic nitrogens is 2. The fraction of sp³-hybridized carbons (Fsp3) is 0.333. The van der Waals surface area contributed by atoms with Crippen molar-refractivity contribution < 1.29 is 19.1 Å². The molecular formula is C21H23N3O4S2. The first kappa shape index (κ1) is 21.9. The number of carbonyl (C=O) groups is 2. The Balaban J connectivity index is 1.88. The van der Waals surface area contributed by atoms with Crippen LogP contribution < -0.4 is 10.5 Å². The van der Waals surface area contributed by atoms with Crippen molar-refractivity contribution in [3.63, 3.8) is 0 Å². The maximum absolute atomic E-state index is 12.0. The molecule has 2 N–H and O–H groups in total. The van der Waals surface area contributed by atoms with E-state index in [4.69, 9.17) is 20.2 Å². The Hall–Kier alpha value is -2.78. The maximum Gasteiger partial charge on any atom is 0.367 e. The largest absolute Gasteiger partial charge is 0.491 e. The minimum Gasteiger partial charge on any atom is -0.491 e. The Labute approximate surface area is 182 Å². The first-order chi connectivity index (χ1) is 14.3. The van der Waals surface area contributed by atoms with Crippen LogP contribution in [-0.4, -0.2) is 34.6 Å². The van der Waals surface area contributed by atoms with E-state index in [9.17, 15) is 9.59 Å². The lowest BCUT2D eigenvalue weighted by molar-refractivity contribution is 0.0525. The van der Waals surface area contributed by atoms with Crippen LogP contribution in [0.25, 0.3) is 10.6 Å². The van der Waals surface area contributed by atoms with E-state index in [1.807, 2.05) is 26.2 Å². The molecule has 0 unspecified atom stereocenters. The van der Waals surface area contributed by atoms with Crippen LogP contribution in [-0.2, 0) is 11.2 Å². The summed E-state index contributed by atoms with van der Waals surface area (Å²) in [6.45, 7) is 7.80. The lowest BCUT2D eigenvalue weighted by atomic mass is 10.1. The molecule has 0 aliphatic heterocycles. The Morgan fingerprint density at radius 3 is 2.67 bits per heavy atom. The zero-order valence-corrected chi connectivity index (χ0v) is 18.9. The number of nitrogens with two attached hydrogens (primary N) is 1. The summed E-state index contributed by atoms with van der Waals surface area (Å²) in [6, 6.07) is 5.18. The van der Waals surface area contributed by atoms with Crippen molar-refractivity contribution in [1.82, 2.24) is 9.97 Å². The molecule has 9 heteroatoms. The number of carbonyl (C=O) groups excluding carboxylic acids is 2. The highest BCUT2D eigenvalue weighted by molar-refractivity contribution is 7.17. The van der Waals surface area contributed by atoms with E-state index < -0.39 is 11.9 Å². The molecule has 30 heavy (non-hydrogen) atoms. The normalized spacial score (nSPS) is 11.0. The Morgan fingerprint density at radius 2 is 2.00 bits per heavy atom. The lowest BCUT2D eigenvalue weighted by Crippen LogP contribution is -2.13. The molecule has 1 amide bonds. The van der Waals surface area contributed by atoms with Crippen molar-refractivity contribution in [3.8, 4) is 16.3 Å². The van der Waals surface area contributed by atoms with Gasteiger partial charge in [-0.2, -0.15) is 0 Å². The van der Waals surface area contributed by atoms with E-state index in [0.717, 1.165) is 26.8 Å². The van der Waals surface area contributed by atoms with Gasteiger partial charge in [0.2, 0.25) is 10.9 Å². The quantitative estimate of drug-likeness (QED) is 0.520. The smallest absolute Gasteiger partial charge is 0.367 e. The van der Waals surface area contributed by atoms with Crippen LogP contribution in [0, 0.1) is 6.92 Å². The number of aryl methyl sites for hydroxylation is 1. The molecular weight excluding hydrogens is 422 g/mol. The molecule has 158 valence electrons. The number of benzene rings is 1. The second-order valence-electron chi connectivity index (χ2n) is 6.81. The van der Waals surface area contributed by atoms with E-state index in [2.05, 4.69) is 4.98 Å². The number of rotatable bonds is 8. The lowest BCUT2D eigenvalue weighted by Gasteiger charge is -2.14. The summed E-state index contributed by atoms with van der Waals surface area (Å²) in [5.41, 5.74) is 8.20. The second kappa shape index (κ2) is 9.36. The van der Waals surface area contributed by atoms with Gasteiger partial charge < -0.3 is 15.2 Å². The van der Waals surface area contributed by atoms with E-state index in [1.165, 1.54) is 22.7 Å². The first-order valence-corrected chi connectivity index (χ1v) is 11.2. The molecule has 0 atom stereocenters. The molecule has 2 heterocycles. The summed E-state index contributed by atoms with van der Waals surface area (Å²) in [5.74, 6) is -0.213. The predicted molar refractivity (Wildman–Crippen MR) is 117 cm³/mol. The van der Waals surface area contributed by atoms with Crippen LogP contribution in [0.3, 0.4) is 0 Å². The van der Waals surface area contributed by atoms with E-state index in [-0.39, 0.29) is 6.10 Å². The first-order valence-electron chi connectivity index (χ1n) is 9.47. The van der Waals surface area contributed by atoms with Gasteiger partial charge in [0.05, 0.1) is 34.0 Å². The van der Waals surface area contributed by atoms with Crippen LogP contribution in [0.5, 0.6) is 5.75 Å². The van der Waals surface area contributed by atoms with Gasteiger partial charge >= 0.3 is 5.97 Å². The molecule has 0 spiro atoms. The van der Waals surface area contributed by atoms with Crippen molar-refractivity contribution in [2.75, 3.05) is 6.61 Å². The van der Waals surface area contributed by atoms with Crippen molar-refractivity contribution in [2.45, 2.75) is 40.2 Å². The standard InChI is InChI=1S/C21H23N3O4S2/c1-5-27-21(26)20-23-12(4)18(30-20)15-10-29-17(24-15)9-14-8-13(19(22)25)6-7-16(14)28-11(2)3/h6-8,10-11H,5,9H2,1-4H3,(H2,22,25). The van der Waals surface area contributed by atoms with Gasteiger partial charge in [0, 0.05) is 22.9 Å². The van der Waals surface area contributed by atoms with Gasteiger partial charge in [0.25, 0.3) is 0 Å². The Bertz CT molecular complexity index is 1070. The zero-order chi connectivity index (χ0) is 21.8. The molecule has 0 saturated carbocycles. The van der Waals surface area contributed by atoms with E-state index >= 15 is 0 Å². The number of hydrogen-bond donors (Lipinski definition) is 1. The average molecular weight is 446 g/mol. The summed E-state index contributed by atoms with van der Waals surface area (Å²) in [4.78, 5) is 33.4. The molecule has 0 aliphatic rings. The molecule has 2 aromatic heterocycles. The van der Waals surface area contributed by atoms with Crippen LogP contribution >= 0.6 is 22.7 Å². The van der Waals surface area contributed by atoms with Crippen LogP contribution in [0.4, 0.5) is 0 Å². The van der Waals surface area contributed by atoms with Gasteiger partial charge in [-0.1, -0.05) is 0 Å². The topological polar surface area (TPSA) is 104 Å². The van der Waals surface area contributed by atoms with Crippen LogP contribution in [0.1, 0.15) is 57.2 Å². The third-order valence-electron chi connectivity index (χ3n) is 4.08. The van der Waals surface area contributed by atoms with Crippen LogP contribution in [0.2, 0.25) is 0 Å². The fourth-order valence-electron chi connectivity index (χ4n) is 2.81. The molecule has 3 aromatic rings. The number of amides is 1. The summed E-state index contributed by atoms with van der Waals surface area (Å²) >= 11 is 2.77. The van der Waals surface area contributed by atoms with Crippen molar-refractivity contribution in [2.24, 2.45) is 5.73 Å². The van der Waals surface area contributed by atoms with Crippen molar-refractivity contribution >= 4 is 34.6 Å². The number of primary amides is 1. The molecule has 0 aliphatic carbocycles. The van der Waals surface area contributed by atoms with Crippen LogP contribution in [0.15, 0.2) is 23.6 Å². The Morgan fingerprint density at radius 1 is 1.23 bits per heavy atom. The monoisotopic (exact) mass is 445 g/mol. The summed E-state index contributed by atoms with van der Waals surface area (Å²) < 4.78 is 10.9. The van der Waals surface area contributed by atoms with Crippen molar-refractivity contribution in [1.29, 1.82) is 0 Å². The number of ether oxygens (including phenoxy) is 2. The van der Waals surface area contributed by atoms with Gasteiger partial charge in [0.1, 0.15) is 5.75 Å². The zero-order valence-electron chi connectivity index (χ0n) is 17.2. The maximum atomic E-state index is 12.0. The number of esters is 1. The molecule has 1 aromatic carbocycles. The third kappa shape index (κ3) is 5.03. The summed E-state index contributed by atoms with van der Waals surface area (Å²) in [5, 5.41) is 3.11. The predicted octanol–water partition coefficient (Wildman–Crippen LogP) is 4.23. The molecule has 7 nitrogen and oxygen atoms in total. The highest BCUT2D eigenvalue weighted by Gasteiger charge is 2.19. The Kier molecular flexibility index (Phi) is 6.84. The third-order valence-corrected chi connectivity index (χ3v) is 6.09. The highest BCUT2D eigenvalue weighted by atomic mass is 32.1. The minimum absolute atomic E-state index is 0.00354. The SMILES string of the molecule is CCOC(=O)c1nc(C)c(-c2csc(Cc3cc(C(N)=O)ccc3OC(C)C)n2)s1. The number of nitrogens with zero attached hydrogens (tertiary/aromatic N) is 2.